The maximum atomic E-state index is 10.8. The quantitative estimate of drug-likeness (QED) is 0.736. The molecule has 0 aliphatic rings. The van der Waals surface area contributed by atoms with Gasteiger partial charge in [-0.15, -0.1) is 0 Å². The van der Waals surface area contributed by atoms with Gasteiger partial charge in [-0.25, -0.2) is 0 Å². The molecule has 1 amide bonds. The second kappa shape index (κ2) is 4.23. The minimum Gasteiger partial charge on any atom is -0.497 e. The average Bonchev–Trinajstić information content (AvgIpc) is 2.36. The van der Waals surface area contributed by atoms with Crippen LogP contribution in [0.4, 0.5) is 5.69 Å². The van der Waals surface area contributed by atoms with Crippen molar-refractivity contribution >= 4 is 22.9 Å². The topological polar surface area (TPSA) is 29.5 Å². The van der Waals surface area contributed by atoms with E-state index in [0.29, 0.717) is 0 Å². The molecular formula is C13H13NO2. The van der Waals surface area contributed by atoms with Crippen LogP contribution < -0.4 is 9.64 Å². The van der Waals surface area contributed by atoms with Crippen molar-refractivity contribution in [2.75, 3.05) is 19.1 Å². The van der Waals surface area contributed by atoms with Gasteiger partial charge in [0, 0.05) is 12.4 Å². The molecule has 0 aliphatic carbocycles. The monoisotopic (exact) mass is 215 g/mol. The van der Waals surface area contributed by atoms with Crippen LogP contribution in [0.15, 0.2) is 36.4 Å². The Kier molecular flexibility index (Phi) is 2.77. The molecule has 0 saturated carbocycles. The lowest BCUT2D eigenvalue weighted by Gasteiger charge is -2.14. The van der Waals surface area contributed by atoms with E-state index in [1.165, 1.54) is 0 Å². The Morgan fingerprint density at radius 2 is 2.06 bits per heavy atom. The largest absolute Gasteiger partial charge is 0.497 e. The van der Waals surface area contributed by atoms with Gasteiger partial charge in [-0.1, -0.05) is 12.1 Å². The molecule has 82 valence electrons. The van der Waals surface area contributed by atoms with Crippen LogP contribution in [-0.2, 0) is 4.79 Å². The molecule has 0 N–H and O–H groups in total. The van der Waals surface area contributed by atoms with Crippen LogP contribution in [0.25, 0.3) is 10.8 Å². The van der Waals surface area contributed by atoms with E-state index in [4.69, 9.17) is 4.74 Å². The number of anilines is 1. The molecule has 0 radical (unpaired) electrons. The predicted molar refractivity (Wildman–Crippen MR) is 65.0 cm³/mol. The van der Waals surface area contributed by atoms with Gasteiger partial charge < -0.3 is 9.64 Å². The van der Waals surface area contributed by atoms with Crippen molar-refractivity contribution in [1.82, 2.24) is 0 Å². The third-order valence-electron chi connectivity index (χ3n) is 2.60. The van der Waals surface area contributed by atoms with Gasteiger partial charge in [0.05, 0.1) is 12.8 Å². The van der Waals surface area contributed by atoms with E-state index >= 15 is 0 Å². The Bertz CT molecular complexity index is 522. The van der Waals surface area contributed by atoms with E-state index < -0.39 is 0 Å². The number of amides is 1. The highest BCUT2D eigenvalue weighted by Crippen LogP contribution is 2.28. The number of ether oxygens (including phenoxy) is 1. The third kappa shape index (κ3) is 1.72. The fourth-order valence-corrected chi connectivity index (χ4v) is 1.74. The molecule has 0 heterocycles. The SMILES string of the molecule is COc1ccc2c(N(C)C=O)cccc2c1. The van der Waals surface area contributed by atoms with Crippen molar-refractivity contribution in [2.45, 2.75) is 0 Å². The Morgan fingerprint density at radius 3 is 2.75 bits per heavy atom. The normalized spacial score (nSPS) is 10.1. The summed E-state index contributed by atoms with van der Waals surface area (Å²) in [5.74, 6) is 0.818. The van der Waals surface area contributed by atoms with Crippen molar-refractivity contribution in [3.63, 3.8) is 0 Å². The summed E-state index contributed by atoms with van der Waals surface area (Å²) in [6, 6.07) is 11.7. The summed E-state index contributed by atoms with van der Waals surface area (Å²) >= 11 is 0. The minimum atomic E-state index is 0.805. The molecule has 2 rings (SSSR count). The van der Waals surface area contributed by atoms with Crippen molar-refractivity contribution < 1.29 is 9.53 Å². The molecule has 0 bridgehead atoms. The lowest BCUT2D eigenvalue weighted by atomic mass is 10.1. The van der Waals surface area contributed by atoms with Crippen LogP contribution in [0.2, 0.25) is 0 Å². The summed E-state index contributed by atoms with van der Waals surface area (Å²) < 4.78 is 5.17. The number of rotatable bonds is 3. The second-order valence-electron chi connectivity index (χ2n) is 3.58. The zero-order chi connectivity index (χ0) is 11.5. The number of nitrogens with zero attached hydrogens (tertiary/aromatic N) is 1. The highest BCUT2D eigenvalue weighted by molar-refractivity contribution is 5.98. The zero-order valence-corrected chi connectivity index (χ0v) is 9.31. The Morgan fingerprint density at radius 1 is 1.25 bits per heavy atom. The molecule has 16 heavy (non-hydrogen) atoms. The van der Waals surface area contributed by atoms with Crippen LogP contribution in [0.3, 0.4) is 0 Å². The first kappa shape index (κ1) is 10.5. The Balaban J connectivity index is 2.64. The van der Waals surface area contributed by atoms with Crippen LogP contribution in [0, 0.1) is 0 Å². The van der Waals surface area contributed by atoms with E-state index in [1.54, 1.807) is 19.1 Å². The van der Waals surface area contributed by atoms with Gasteiger partial charge >= 0.3 is 0 Å². The summed E-state index contributed by atoms with van der Waals surface area (Å²) in [6.07, 6.45) is 0.805. The van der Waals surface area contributed by atoms with Crippen LogP contribution >= 0.6 is 0 Å². The first-order chi connectivity index (χ1) is 7.76. The van der Waals surface area contributed by atoms with Gasteiger partial charge in [0.1, 0.15) is 5.75 Å². The van der Waals surface area contributed by atoms with Crippen molar-refractivity contribution in [3.8, 4) is 5.75 Å². The average molecular weight is 215 g/mol. The maximum absolute atomic E-state index is 10.8. The summed E-state index contributed by atoms with van der Waals surface area (Å²) in [4.78, 5) is 12.3. The molecular weight excluding hydrogens is 202 g/mol. The molecule has 0 spiro atoms. The minimum absolute atomic E-state index is 0.805. The predicted octanol–water partition coefficient (Wildman–Crippen LogP) is 2.44. The summed E-state index contributed by atoms with van der Waals surface area (Å²) in [5, 5.41) is 2.10. The molecule has 2 aromatic carbocycles. The number of fused-ring (bicyclic) bond motifs is 1. The van der Waals surface area contributed by atoms with Gasteiger partial charge in [-0.05, 0) is 29.7 Å². The lowest BCUT2D eigenvalue weighted by Crippen LogP contribution is -2.13. The first-order valence-electron chi connectivity index (χ1n) is 5.01. The molecule has 0 saturated heterocycles. The van der Waals surface area contributed by atoms with Gasteiger partial charge in [0.25, 0.3) is 0 Å². The number of carbonyl (C=O) groups is 1. The summed E-state index contributed by atoms with van der Waals surface area (Å²) in [5.41, 5.74) is 0.898. The molecule has 0 aromatic heterocycles. The highest BCUT2D eigenvalue weighted by Gasteiger charge is 2.05. The Hall–Kier alpha value is -2.03. The van der Waals surface area contributed by atoms with Gasteiger partial charge in [-0.2, -0.15) is 0 Å². The van der Waals surface area contributed by atoms with E-state index in [9.17, 15) is 4.79 Å². The smallest absolute Gasteiger partial charge is 0.213 e. The van der Waals surface area contributed by atoms with E-state index in [0.717, 1.165) is 28.6 Å². The van der Waals surface area contributed by atoms with Gasteiger partial charge in [0.2, 0.25) is 6.41 Å². The van der Waals surface area contributed by atoms with Gasteiger partial charge in [-0.3, -0.25) is 4.79 Å². The zero-order valence-electron chi connectivity index (χ0n) is 9.31. The highest BCUT2D eigenvalue weighted by atomic mass is 16.5. The van der Waals surface area contributed by atoms with Crippen molar-refractivity contribution in [1.29, 1.82) is 0 Å². The molecule has 3 nitrogen and oxygen atoms in total. The molecule has 0 atom stereocenters. The van der Waals surface area contributed by atoms with E-state index in [-0.39, 0.29) is 0 Å². The third-order valence-corrected chi connectivity index (χ3v) is 2.60. The fourth-order valence-electron chi connectivity index (χ4n) is 1.74. The number of hydrogen-bond donors (Lipinski definition) is 0. The first-order valence-corrected chi connectivity index (χ1v) is 5.01. The fraction of sp³-hybridized carbons (Fsp3) is 0.154. The number of carbonyl (C=O) groups excluding carboxylic acids is 1. The second-order valence-corrected chi connectivity index (χ2v) is 3.58. The maximum Gasteiger partial charge on any atom is 0.213 e. The van der Waals surface area contributed by atoms with Gasteiger partial charge in [0.15, 0.2) is 0 Å². The Labute approximate surface area is 94.2 Å². The number of methoxy groups -OCH3 is 1. The molecule has 3 heteroatoms. The van der Waals surface area contributed by atoms with Crippen molar-refractivity contribution in [3.05, 3.63) is 36.4 Å². The molecule has 0 unspecified atom stereocenters. The van der Waals surface area contributed by atoms with Crippen LogP contribution in [-0.4, -0.2) is 20.6 Å². The number of benzene rings is 2. The van der Waals surface area contributed by atoms with Crippen LogP contribution in [0.5, 0.6) is 5.75 Å². The van der Waals surface area contributed by atoms with E-state index in [1.807, 2.05) is 36.4 Å². The molecule has 0 fully saturated rings. The summed E-state index contributed by atoms with van der Waals surface area (Å²) in [6.45, 7) is 0. The molecule has 0 aliphatic heterocycles. The van der Waals surface area contributed by atoms with Crippen molar-refractivity contribution in [2.24, 2.45) is 0 Å². The summed E-state index contributed by atoms with van der Waals surface area (Å²) in [7, 11) is 3.38. The number of hydrogen-bond acceptors (Lipinski definition) is 2. The lowest BCUT2D eigenvalue weighted by molar-refractivity contribution is -0.107. The van der Waals surface area contributed by atoms with E-state index in [2.05, 4.69) is 0 Å². The standard InChI is InChI=1S/C13H13NO2/c1-14(9-15)13-5-3-4-10-8-11(16-2)6-7-12(10)13/h3-9H,1-2H3. The molecule has 2 aromatic rings. The van der Waals surface area contributed by atoms with Crippen LogP contribution in [0.1, 0.15) is 0 Å².